The number of rotatable bonds is 2. The quantitative estimate of drug-likeness (QED) is 0.436. The third-order valence-electron chi connectivity index (χ3n) is 6.46. The smallest absolute Gasteiger partial charge is 0.231 e. The number of hydrogen-bond acceptors (Lipinski definition) is 5. The standard InChI is InChI=1S/C26H20Cl2N2O3/c27-16-7-5-14(6-8-16)15-9-21-25(22(31)10-15)26(30-20-4-2-1-3-19(20)29-21)17-11-23-24(12-18(17)28)33-13-32-23/h1-9,11-12,15,25-26,29-30H,10,13H2. The van der Waals surface area contributed by atoms with Gasteiger partial charge in [-0.25, -0.2) is 0 Å². The van der Waals surface area contributed by atoms with Crippen molar-refractivity contribution in [3.05, 3.63) is 93.6 Å². The number of ketones is 1. The summed E-state index contributed by atoms with van der Waals surface area (Å²) in [4.78, 5) is 13.7. The molecule has 2 aliphatic heterocycles. The van der Waals surface area contributed by atoms with Gasteiger partial charge in [-0.3, -0.25) is 4.79 Å². The summed E-state index contributed by atoms with van der Waals surface area (Å²) in [6.45, 7) is 0.161. The van der Waals surface area contributed by atoms with Crippen molar-refractivity contribution in [3.8, 4) is 11.5 Å². The van der Waals surface area contributed by atoms with Gasteiger partial charge in [-0.15, -0.1) is 0 Å². The fraction of sp³-hybridized carbons (Fsp3) is 0.192. The van der Waals surface area contributed by atoms with Crippen LogP contribution >= 0.6 is 23.2 Å². The third kappa shape index (κ3) is 3.62. The lowest BCUT2D eigenvalue weighted by Gasteiger charge is -2.33. The minimum atomic E-state index is -0.432. The van der Waals surface area contributed by atoms with Crippen LogP contribution in [0.5, 0.6) is 11.5 Å². The molecule has 3 aromatic carbocycles. The Balaban J connectivity index is 1.48. The number of nitrogens with one attached hydrogen (secondary N) is 2. The number of carbonyl (C=O) groups excluding carboxylic acids is 1. The van der Waals surface area contributed by atoms with Crippen molar-refractivity contribution >= 4 is 40.4 Å². The fourth-order valence-corrected chi connectivity index (χ4v) is 5.26. The Labute approximate surface area is 201 Å². The average Bonchev–Trinajstić information content (AvgIpc) is 3.18. The van der Waals surface area contributed by atoms with E-state index < -0.39 is 5.92 Å². The summed E-state index contributed by atoms with van der Waals surface area (Å²) in [6.07, 6.45) is 2.56. The number of anilines is 2. The van der Waals surface area contributed by atoms with Crippen molar-refractivity contribution in [2.75, 3.05) is 17.4 Å². The molecule has 2 N–H and O–H groups in total. The Bertz CT molecular complexity index is 1290. The normalized spacial score (nSPS) is 22.9. The summed E-state index contributed by atoms with van der Waals surface area (Å²) in [6, 6.07) is 18.9. The SMILES string of the molecule is O=C1CC(c2ccc(Cl)cc2)C=C2Nc3ccccc3NC(c3cc4c(cc3Cl)OCO4)C12. The fourth-order valence-electron chi connectivity index (χ4n) is 4.86. The van der Waals surface area contributed by atoms with E-state index in [1.807, 2.05) is 54.6 Å². The number of carbonyl (C=O) groups is 1. The first-order valence-electron chi connectivity index (χ1n) is 10.8. The summed E-state index contributed by atoms with van der Waals surface area (Å²) in [5.41, 5.74) is 4.54. The molecule has 3 aliphatic rings. The molecule has 7 heteroatoms. The Morgan fingerprint density at radius 3 is 2.42 bits per heavy atom. The number of benzene rings is 3. The second-order valence-corrected chi connectivity index (χ2v) is 9.29. The van der Waals surface area contributed by atoms with E-state index in [0.717, 1.165) is 28.2 Å². The zero-order valence-electron chi connectivity index (χ0n) is 17.5. The zero-order valence-corrected chi connectivity index (χ0v) is 19.0. The molecule has 0 aromatic heterocycles. The van der Waals surface area contributed by atoms with Crippen LogP contribution in [0, 0.1) is 5.92 Å². The molecule has 0 radical (unpaired) electrons. The summed E-state index contributed by atoms with van der Waals surface area (Å²) in [5.74, 6) is 0.920. The van der Waals surface area contributed by atoms with Crippen molar-refractivity contribution in [1.82, 2.24) is 0 Å². The summed E-state index contributed by atoms with van der Waals surface area (Å²) in [7, 11) is 0. The highest BCUT2D eigenvalue weighted by Gasteiger charge is 2.41. The second kappa shape index (κ2) is 8.01. The lowest BCUT2D eigenvalue weighted by molar-refractivity contribution is -0.122. The number of Topliss-reactive ketones (excluding diaryl/α,β-unsaturated/α-hetero) is 1. The van der Waals surface area contributed by atoms with Gasteiger partial charge in [-0.1, -0.05) is 53.5 Å². The number of hydrogen-bond donors (Lipinski definition) is 2. The number of allylic oxidation sites excluding steroid dienone is 1. The van der Waals surface area contributed by atoms with E-state index in [2.05, 4.69) is 16.7 Å². The van der Waals surface area contributed by atoms with Crippen LogP contribution in [0.4, 0.5) is 11.4 Å². The van der Waals surface area contributed by atoms with Gasteiger partial charge in [0.05, 0.1) is 23.3 Å². The van der Waals surface area contributed by atoms with E-state index in [4.69, 9.17) is 32.7 Å². The average molecular weight is 479 g/mol. The summed E-state index contributed by atoms with van der Waals surface area (Å²) < 4.78 is 11.1. The summed E-state index contributed by atoms with van der Waals surface area (Å²) >= 11 is 12.8. The van der Waals surface area contributed by atoms with Crippen LogP contribution in [-0.4, -0.2) is 12.6 Å². The predicted octanol–water partition coefficient (Wildman–Crippen LogP) is 6.56. The molecule has 0 saturated carbocycles. The highest BCUT2D eigenvalue weighted by molar-refractivity contribution is 6.31. The van der Waals surface area contributed by atoms with Crippen molar-refractivity contribution in [1.29, 1.82) is 0 Å². The van der Waals surface area contributed by atoms with Gasteiger partial charge in [-0.05, 0) is 41.5 Å². The number of para-hydroxylation sites is 2. The van der Waals surface area contributed by atoms with Crippen LogP contribution < -0.4 is 20.1 Å². The molecule has 2 heterocycles. The summed E-state index contributed by atoms with van der Waals surface area (Å²) in [5, 5.41) is 8.31. The van der Waals surface area contributed by atoms with Crippen molar-refractivity contribution < 1.29 is 14.3 Å². The maximum Gasteiger partial charge on any atom is 0.231 e. The van der Waals surface area contributed by atoms with Gasteiger partial charge in [0.2, 0.25) is 6.79 Å². The lowest BCUT2D eigenvalue weighted by Crippen LogP contribution is -2.34. The van der Waals surface area contributed by atoms with Crippen molar-refractivity contribution in [2.45, 2.75) is 18.4 Å². The molecule has 166 valence electrons. The first-order chi connectivity index (χ1) is 16.1. The van der Waals surface area contributed by atoms with E-state index in [1.54, 1.807) is 6.07 Å². The highest BCUT2D eigenvalue weighted by Crippen LogP contribution is 2.48. The Kier molecular flexibility index (Phi) is 4.97. The maximum atomic E-state index is 13.7. The molecule has 5 nitrogen and oxygen atoms in total. The minimum Gasteiger partial charge on any atom is -0.454 e. The minimum absolute atomic E-state index is 0.0355. The Morgan fingerprint density at radius 1 is 0.909 bits per heavy atom. The maximum absolute atomic E-state index is 13.7. The molecule has 0 bridgehead atoms. The van der Waals surface area contributed by atoms with Crippen molar-refractivity contribution in [2.24, 2.45) is 5.92 Å². The van der Waals surface area contributed by atoms with E-state index in [0.29, 0.717) is 28.0 Å². The molecule has 0 amide bonds. The van der Waals surface area contributed by atoms with Crippen LogP contribution in [0.2, 0.25) is 10.0 Å². The van der Waals surface area contributed by atoms with Gasteiger partial charge < -0.3 is 20.1 Å². The lowest BCUT2D eigenvalue weighted by atomic mass is 9.76. The van der Waals surface area contributed by atoms with Gasteiger partial charge in [0.1, 0.15) is 5.78 Å². The molecule has 0 fully saturated rings. The first-order valence-corrected chi connectivity index (χ1v) is 11.5. The van der Waals surface area contributed by atoms with E-state index >= 15 is 0 Å². The first kappa shape index (κ1) is 20.5. The topological polar surface area (TPSA) is 59.6 Å². The second-order valence-electron chi connectivity index (χ2n) is 8.45. The number of ether oxygens (including phenoxy) is 2. The van der Waals surface area contributed by atoms with Gasteiger partial charge in [0.25, 0.3) is 0 Å². The molecule has 1 aliphatic carbocycles. The van der Waals surface area contributed by atoms with Gasteiger partial charge in [0, 0.05) is 34.1 Å². The van der Waals surface area contributed by atoms with Crippen LogP contribution in [0.15, 0.2) is 72.4 Å². The van der Waals surface area contributed by atoms with Crippen molar-refractivity contribution in [3.63, 3.8) is 0 Å². The zero-order chi connectivity index (χ0) is 22.5. The molecule has 0 saturated heterocycles. The molecule has 3 aromatic rings. The largest absolute Gasteiger partial charge is 0.454 e. The molecule has 33 heavy (non-hydrogen) atoms. The van der Waals surface area contributed by atoms with Crippen LogP contribution in [0.3, 0.4) is 0 Å². The van der Waals surface area contributed by atoms with Gasteiger partial charge >= 0.3 is 0 Å². The molecular formula is C26H20Cl2N2O3. The highest BCUT2D eigenvalue weighted by atomic mass is 35.5. The molecule has 3 atom stereocenters. The van der Waals surface area contributed by atoms with Crippen LogP contribution in [0.25, 0.3) is 0 Å². The van der Waals surface area contributed by atoms with Crippen LogP contribution in [0.1, 0.15) is 29.5 Å². The Morgan fingerprint density at radius 2 is 1.64 bits per heavy atom. The molecule has 0 spiro atoms. The van der Waals surface area contributed by atoms with E-state index in [9.17, 15) is 4.79 Å². The van der Waals surface area contributed by atoms with Crippen LogP contribution in [-0.2, 0) is 4.79 Å². The molecular weight excluding hydrogens is 459 g/mol. The third-order valence-corrected chi connectivity index (χ3v) is 7.04. The van der Waals surface area contributed by atoms with Gasteiger partial charge in [-0.2, -0.15) is 0 Å². The van der Waals surface area contributed by atoms with E-state index in [1.165, 1.54) is 0 Å². The van der Waals surface area contributed by atoms with Gasteiger partial charge in [0.15, 0.2) is 11.5 Å². The predicted molar refractivity (Wildman–Crippen MR) is 129 cm³/mol. The number of halogens is 2. The Hall–Kier alpha value is -3.15. The number of fused-ring (bicyclic) bond motifs is 3. The monoisotopic (exact) mass is 478 g/mol. The van der Waals surface area contributed by atoms with E-state index in [-0.39, 0.29) is 24.5 Å². The molecule has 6 rings (SSSR count). The molecule has 3 unspecified atom stereocenters.